The van der Waals surface area contributed by atoms with Crippen LogP contribution in [0.3, 0.4) is 0 Å². The Labute approximate surface area is 199 Å². The summed E-state index contributed by atoms with van der Waals surface area (Å²) in [5, 5.41) is 0. The molecule has 0 bridgehead atoms. The Balaban J connectivity index is 1.46. The summed E-state index contributed by atoms with van der Waals surface area (Å²) in [6, 6.07) is 8.38. The van der Waals surface area contributed by atoms with Crippen LogP contribution < -0.4 is 9.60 Å². The van der Waals surface area contributed by atoms with Gasteiger partial charge in [0.2, 0.25) is 0 Å². The van der Waals surface area contributed by atoms with E-state index in [1.807, 2.05) is 37.1 Å². The predicted octanol–water partition coefficient (Wildman–Crippen LogP) is 3.60. The molecule has 2 aromatic carbocycles. The minimum Gasteiger partial charge on any atom is -0.362 e. The maximum atomic E-state index is 12.3. The van der Waals surface area contributed by atoms with Gasteiger partial charge in [-0.1, -0.05) is 34.8 Å². The van der Waals surface area contributed by atoms with E-state index in [9.17, 15) is 9.59 Å². The van der Waals surface area contributed by atoms with Gasteiger partial charge in [0.05, 0.1) is 20.4 Å². The smallest absolute Gasteiger partial charge is 0.274 e. The summed E-state index contributed by atoms with van der Waals surface area (Å²) in [7, 11) is 3.78. The normalized spacial score (nSPS) is 12.9. The maximum Gasteiger partial charge on any atom is 0.274 e. The van der Waals surface area contributed by atoms with Gasteiger partial charge in [-0.3, -0.25) is 9.59 Å². The summed E-state index contributed by atoms with van der Waals surface area (Å²) >= 11 is 2.94. The minimum absolute atomic E-state index is 0.273. The third-order valence-corrected chi connectivity index (χ3v) is 7.94. The van der Waals surface area contributed by atoms with Gasteiger partial charge < -0.3 is 13.9 Å². The van der Waals surface area contributed by atoms with Crippen molar-refractivity contribution in [1.82, 2.24) is 9.13 Å². The van der Waals surface area contributed by atoms with E-state index >= 15 is 0 Å². The second-order valence-electron chi connectivity index (χ2n) is 8.25. The Morgan fingerprint density at radius 2 is 1.15 bits per heavy atom. The number of nitrogens with zero attached hydrogens (tertiary/aromatic N) is 4. The van der Waals surface area contributed by atoms with Crippen molar-refractivity contribution in [1.29, 1.82) is 0 Å². The fraction of sp³-hybridized carbons (Fsp3) is 0.333. The van der Waals surface area contributed by atoms with Crippen molar-refractivity contribution in [3.8, 4) is 0 Å². The zero-order valence-electron chi connectivity index (χ0n) is 19.6. The minimum atomic E-state index is -0.433. The molecule has 0 saturated heterocycles. The summed E-state index contributed by atoms with van der Waals surface area (Å²) < 4.78 is 11.3. The Kier molecular flexibility index (Phi) is 6.47. The molecule has 0 unspecified atom stereocenters. The monoisotopic (exact) mass is 482 g/mol. The van der Waals surface area contributed by atoms with Crippen LogP contribution in [0.1, 0.15) is 22.3 Å². The molecule has 33 heavy (non-hydrogen) atoms. The van der Waals surface area contributed by atoms with Crippen LogP contribution in [0.4, 0.5) is 0 Å². The van der Waals surface area contributed by atoms with Gasteiger partial charge in [-0.05, 0) is 62.1 Å². The topological polar surface area (TPSA) is 78.0 Å². The van der Waals surface area contributed by atoms with Crippen molar-refractivity contribution in [2.24, 2.45) is 24.1 Å². The Bertz CT molecular complexity index is 1430. The van der Waals surface area contributed by atoms with Crippen LogP contribution in [-0.4, -0.2) is 34.2 Å². The van der Waals surface area contributed by atoms with Crippen molar-refractivity contribution >= 4 is 54.9 Å². The first-order valence-corrected chi connectivity index (χ1v) is 12.1. The van der Waals surface area contributed by atoms with Crippen LogP contribution in [0.15, 0.2) is 34.3 Å². The number of thiazole rings is 2. The third kappa shape index (κ3) is 4.75. The molecule has 0 atom stereocenters. The van der Waals surface area contributed by atoms with Gasteiger partial charge in [0.1, 0.15) is 13.2 Å². The summed E-state index contributed by atoms with van der Waals surface area (Å²) in [5.74, 6) is -0.865. The van der Waals surface area contributed by atoms with Crippen LogP contribution in [0.5, 0.6) is 0 Å². The van der Waals surface area contributed by atoms with E-state index in [4.69, 9.17) is 4.74 Å². The van der Waals surface area contributed by atoms with E-state index < -0.39 is 11.8 Å². The highest BCUT2D eigenvalue weighted by Crippen LogP contribution is 2.23. The number of fused-ring (bicyclic) bond motifs is 2. The fourth-order valence-corrected chi connectivity index (χ4v) is 6.02. The molecule has 0 radical (unpaired) electrons. The number of carbonyl (C=O) groups excluding carboxylic acids is 2. The molecule has 4 rings (SSSR count). The van der Waals surface area contributed by atoms with E-state index in [0.29, 0.717) is 9.60 Å². The van der Waals surface area contributed by atoms with Gasteiger partial charge in [-0.2, -0.15) is 9.98 Å². The molecular formula is C24H26N4O3S2. The molecule has 0 aliphatic rings. The van der Waals surface area contributed by atoms with E-state index in [2.05, 4.69) is 48.1 Å². The number of hydrogen-bond acceptors (Lipinski definition) is 5. The van der Waals surface area contributed by atoms with E-state index in [-0.39, 0.29) is 13.2 Å². The number of benzene rings is 2. The molecule has 9 heteroatoms. The Morgan fingerprint density at radius 1 is 0.758 bits per heavy atom. The zero-order valence-corrected chi connectivity index (χ0v) is 21.2. The molecule has 0 N–H and O–H groups in total. The average molecular weight is 483 g/mol. The van der Waals surface area contributed by atoms with Crippen LogP contribution in [0, 0.1) is 27.7 Å². The Morgan fingerprint density at radius 3 is 1.55 bits per heavy atom. The average Bonchev–Trinajstić information content (AvgIpc) is 3.20. The quantitative estimate of drug-likeness (QED) is 0.446. The second kappa shape index (κ2) is 9.17. The third-order valence-electron chi connectivity index (χ3n) is 5.37. The first kappa shape index (κ1) is 23.3. The van der Waals surface area contributed by atoms with Crippen LogP contribution in [0.2, 0.25) is 0 Å². The van der Waals surface area contributed by atoms with E-state index in [1.165, 1.54) is 22.7 Å². The lowest BCUT2D eigenvalue weighted by atomic mass is 10.1. The molecule has 0 spiro atoms. The maximum absolute atomic E-state index is 12.3. The number of rotatable bonds is 4. The summed E-state index contributed by atoms with van der Waals surface area (Å²) in [6.07, 6.45) is 0. The highest BCUT2D eigenvalue weighted by molar-refractivity contribution is 7.17. The molecule has 7 nitrogen and oxygen atoms in total. The van der Waals surface area contributed by atoms with Crippen LogP contribution >= 0.6 is 22.7 Å². The SMILES string of the molecule is Cc1cc(C)c2sc(=NC(=O)COCC(=O)N=c3sc4c(C)cc(C)cc4n3C)n(C)c2c1. The summed E-state index contributed by atoms with van der Waals surface area (Å²) in [6.45, 7) is 7.64. The van der Waals surface area contributed by atoms with Gasteiger partial charge in [0.25, 0.3) is 11.8 Å². The van der Waals surface area contributed by atoms with Crippen molar-refractivity contribution in [2.45, 2.75) is 27.7 Å². The molecule has 0 aliphatic heterocycles. The van der Waals surface area contributed by atoms with Crippen molar-refractivity contribution in [2.75, 3.05) is 13.2 Å². The molecule has 2 heterocycles. The van der Waals surface area contributed by atoms with E-state index in [1.54, 1.807) is 0 Å². The van der Waals surface area contributed by atoms with Crippen LogP contribution in [-0.2, 0) is 28.4 Å². The number of aryl methyl sites for hydroxylation is 6. The number of ether oxygens (including phenoxy) is 1. The molecule has 2 amide bonds. The molecule has 0 saturated carbocycles. The first-order chi connectivity index (χ1) is 15.6. The lowest BCUT2D eigenvalue weighted by Crippen LogP contribution is -2.19. The van der Waals surface area contributed by atoms with Gasteiger partial charge in [0, 0.05) is 14.1 Å². The predicted molar refractivity (Wildman–Crippen MR) is 132 cm³/mol. The first-order valence-electron chi connectivity index (χ1n) is 10.5. The second-order valence-corrected chi connectivity index (χ2v) is 10.2. The fourth-order valence-electron chi connectivity index (χ4n) is 3.85. The lowest BCUT2D eigenvalue weighted by Gasteiger charge is -2.00. The molecule has 0 aliphatic carbocycles. The highest BCUT2D eigenvalue weighted by Gasteiger charge is 2.10. The number of aromatic nitrogens is 2. The molecule has 172 valence electrons. The van der Waals surface area contributed by atoms with E-state index in [0.717, 1.165) is 42.7 Å². The zero-order chi connectivity index (χ0) is 23.9. The van der Waals surface area contributed by atoms with Crippen molar-refractivity contribution in [3.05, 3.63) is 56.1 Å². The number of amides is 2. The van der Waals surface area contributed by atoms with Crippen molar-refractivity contribution < 1.29 is 14.3 Å². The van der Waals surface area contributed by atoms with Gasteiger partial charge in [-0.15, -0.1) is 0 Å². The summed E-state index contributed by atoms with van der Waals surface area (Å²) in [5.41, 5.74) is 6.72. The molecule has 2 aromatic heterocycles. The summed E-state index contributed by atoms with van der Waals surface area (Å²) in [4.78, 5) is 34.2. The van der Waals surface area contributed by atoms with Crippen LogP contribution in [0.25, 0.3) is 20.4 Å². The number of hydrogen-bond donors (Lipinski definition) is 0. The highest BCUT2D eigenvalue weighted by atomic mass is 32.1. The van der Waals surface area contributed by atoms with Gasteiger partial charge in [0.15, 0.2) is 9.60 Å². The molecular weight excluding hydrogens is 456 g/mol. The lowest BCUT2D eigenvalue weighted by molar-refractivity contribution is -0.127. The Hall–Kier alpha value is -2.88. The molecule has 0 fully saturated rings. The number of carbonyl (C=O) groups is 2. The molecule has 4 aromatic rings. The largest absolute Gasteiger partial charge is 0.362 e. The van der Waals surface area contributed by atoms with Gasteiger partial charge >= 0.3 is 0 Å². The van der Waals surface area contributed by atoms with Gasteiger partial charge in [-0.25, -0.2) is 0 Å². The standard InChI is InChI=1S/C24H26N4O3S2/c1-13-7-15(3)21-17(9-13)27(5)23(32-21)25-19(29)11-31-12-20(30)26-24-28(6)18-10-14(2)8-16(4)22(18)33-24/h7-10H,11-12H2,1-6H3. The van der Waals surface area contributed by atoms with Crippen molar-refractivity contribution in [3.63, 3.8) is 0 Å².